The zero-order chi connectivity index (χ0) is 19.4. The molecule has 6 heteroatoms. The van der Waals surface area contributed by atoms with E-state index in [1.807, 2.05) is 48.7 Å². The van der Waals surface area contributed by atoms with E-state index in [1.165, 1.54) is 6.26 Å². The summed E-state index contributed by atoms with van der Waals surface area (Å²) in [7, 11) is -3.15. The number of aromatic nitrogens is 1. The Bertz CT molecular complexity index is 1100. The molecule has 0 spiro atoms. The van der Waals surface area contributed by atoms with Crippen molar-refractivity contribution in [2.45, 2.75) is 30.7 Å². The first-order valence-corrected chi connectivity index (χ1v) is 11.3. The van der Waals surface area contributed by atoms with Gasteiger partial charge in [-0.15, -0.1) is 0 Å². The molecule has 1 fully saturated rings. The Balaban J connectivity index is 1.85. The first-order valence-electron chi connectivity index (χ1n) is 8.87. The van der Waals surface area contributed by atoms with Crippen molar-refractivity contribution in [1.29, 1.82) is 0 Å². The number of benzene rings is 2. The van der Waals surface area contributed by atoms with Gasteiger partial charge in [0.2, 0.25) is 0 Å². The number of rotatable bonds is 5. The van der Waals surface area contributed by atoms with Crippen LogP contribution in [0, 0.1) is 5.92 Å². The summed E-state index contributed by atoms with van der Waals surface area (Å²) in [5.74, 6) is -0.254. The van der Waals surface area contributed by atoms with E-state index in [9.17, 15) is 12.8 Å². The minimum atomic E-state index is -3.15. The molecule has 3 atom stereocenters. The maximum Gasteiger partial charge on any atom is 0.151 e. The number of para-hydroxylation sites is 1. The van der Waals surface area contributed by atoms with Crippen molar-refractivity contribution in [2.75, 3.05) is 6.26 Å². The Labute approximate surface area is 163 Å². The lowest BCUT2D eigenvalue weighted by Gasteiger charge is -2.18. The van der Waals surface area contributed by atoms with Crippen LogP contribution in [0.3, 0.4) is 0 Å². The smallest absolute Gasteiger partial charge is 0.151 e. The second kappa shape index (κ2) is 6.35. The molecular weight excluding hydrogens is 385 g/mol. The van der Waals surface area contributed by atoms with E-state index in [0.717, 1.165) is 27.6 Å². The highest BCUT2D eigenvalue weighted by molar-refractivity contribution is 7.89. The maximum absolute atomic E-state index is 14.7. The first kappa shape index (κ1) is 18.5. The van der Waals surface area contributed by atoms with Crippen LogP contribution in [0.5, 0.6) is 0 Å². The molecular formula is C21H21ClFNO2S. The number of halogens is 2. The first-order chi connectivity index (χ1) is 12.7. The van der Waals surface area contributed by atoms with E-state index in [1.54, 1.807) is 6.92 Å². The molecule has 1 saturated carbocycles. The zero-order valence-corrected chi connectivity index (χ0v) is 16.7. The van der Waals surface area contributed by atoms with E-state index in [4.69, 9.17) is 11.6 Å². The Kier molecular flexibility index (Phi) is 4.35. The number of alkyl halides is 1. The molecule has 3 unspecified atom stereocenters. The predicted octanol–water partition coefficient (Wildman–Crippen LogP) is 5.25. The van der Waals surface area contributed by atoms with Crippen molar-refractivity contribution in [3.8, 4) is 0 Å². The lowest BCUT2D eigenvalue weighted by molar-refractivity contribution is 0.300. The average Bonchev–Trinajstić information content (AvgIpc) is 3.00. The fourth-order valence-corrected chi connectivity index (χ4v) is 4.97. The van der Waals surface area contributed by atoms with Crippen molar-refractivity contribution in [2.24, 2.45) is 5.92 Å². The second-order valence-corrected chi connectivity index (χ2v) is 10.3. The van der Waals surface area contributed by atoms with Crippen LogP contribution in [0.15, 0.2) is 48.7 Å². The van der Waals surface area contributed by atoms with Gasteiger partial charge in [0.15, 0.2) is 9.84 Å². The van der Waals surface area contributed by atoms with Crippen LogP contribution in [-0.2, 0) is 15.6 Å². The van der Waals surface area contributed by atoms with Crippen LogP contribution in [0.4, 0.5) is 4.39 Å². The Morgan fingerprint density at radius 2 is 1.93 bits per heavy atom. The minimum absolute atomic E-state index is 0.0276. The SMILES string of the molecule is CC1(F)CC1C(c1ccc(Cl)cc1)c1c[nH]c2c(CS(C)(=O)=O)cccc12. The van der Waals surface area contributed by atoms with Crippen molar-refractivity contribution in [1.82, 2.24) is 4.98 Å². The van der Waals surface area contributed by atoms with Crippen LogP contribution < -0.4 is 0 Å². The summed E-state index contributed by atoms with van der Waals surface area (Å²) in [6, 6.07) is 13.2. The Hall–Kier alpha value is -1.85. The molecule has 2 aromatic carbocycles. The number of H-pyrrole nitrogens is 1. The molecule has 142 valence electrons. The van der Waals surface area contributed by atoms with Crippen molar-refractivity contribution < 1.29 is 12.8 Å². The molecule has 0 aliphatic heterocycles. The molecule has 1 N–H and O–H groups in total. The topological polar surface area (TPSA) is 49.9 Å². The van der Waals surface area contributed by atoms with Gasteiger partial charge in [-0.1, -0.05) is 41.9 Å². The summed E-state index contributed by atoms with van der Waals surface area (Å²) in [6.07, 6.45) is 3.63. The summed E-state index contributed by atoms with van der Waals surface area (Å²) < 4.78 is 38.2. The van der Waals surface area contributed by atoms with Gasteiger partial charge in [-0.2, -0.15) is 0 Å². The molecule has 1 heterocycles. The number of aromatic amines is 1. The number of hydrogen-bond acceptors (Lipinski definition) is 2. The fraction of sp³-hybridized carbons (Fsp3) is 0.333. The quantitative estimate of drug-likeness (QED) is 0.630. The normalized spacial score (nSPS) is 23.5. The highest BCUT2D eigenvalue weighted by Gasteiger charge is 2.56. The maximum atomic E-state index is 14.7. The van der Waals surface area contributed by atoms with Gasteiger partial charge in [0.25, 0.3) is 0 Å². The summed E-state index contributed by atoms with van der Waals surface area (Å²) >= 11 is 6.03. The Morgan fingerprint density at radius 1 is 1.26 bits per heavy atom. The van der Waals surface area contributed by atoms with E-state index < -0.39 is 15.5 Å². The van der Waals surface area contributed by atoms with Crippen LogP contribution in [-0.4, -0.2) is 25.3 Å². The van der Waals surface area contributed by atoms with Gasteiger partial charge in [-0.3, -0.25) is 0 Å². The monoisotopic (exact) mass is 405 g/mol. The number of sulfone groups is 1. The molecule has 1 aliphatic carbocycles. The van der Waals surface area contributed by atoms with Crippen LogP contribution in [0.1, 0.15) is 36.0 Å². The van der Waals surface area contributed by atoms with Gasteiger partial charge in [0.1, 0.15) is 5.67 Å². The largest absolute Gasteiger partial charge is 0.361 e. The van der Waals surface area contributed by atoms with Gasteiger partial charge >= 0.3 is 0 Å². The lowest BCUT2D eigenvalue weighted by Crippen LogP contribution is -2.09. The average molecular weight is 406 g/mol. The second-order valence-electron chi connectivity index (χ2n) is 7.77. The molecule has 1 aliphatic rings. The molecule has 1 aromatic heterocycles. The summed E-state index contributed by atoms with van der Waals surface area (Å²) in [4.78, 5) is 3.24. The molecule has 3 nitrogen and oxygen atoms in total. The van der Waals surface area contributed by atoms with Crippen LogP contribution in [0.2, 0.25) is 5.02 Å². The molecule has 0 bridgehead atoms. The standard InChI is InChI=1S/C21H21ClFNO2S/c1-21(23)10-18(21)19(13-6-8-15(22)9-7-13)17-11-24-20-14(12-27(2,25)26)4-3-5-16(17)20/h3-9,11,18-19,24H,10,12H2,1-2H3. The third-order valence-electron chi connectivity index (χ3n) is 5.45. The number of hydrogen-bond donors (Lipinski definition) is 1. The minimum Gasteiger partial charge on any atom is -0.361 e. The summed E-state index contributed by atoms with van der Waals surface area (Å²) in [5, 5.41) is 1.59. The van der Waals surface area contributed by atoms with Crippen molar-refractivity contribution >= 4 is 32.3 Å². The van der Waals surface area contributed by atoms with E-state index >= 15 is 0 Å². The third kappa shape index (κ3) is 3.63. The molecule has 0 radical (unpaired) electrons. The summed E-state index contributed by atoms with van der Waals surface area (Å²) in [5.41, 5.74) is 2.35. The van der Waals surface area contributed by atoms with Gasteiger partial charge in [0.05, 0.1) is 5.75 Å². The Morgan fingerprint density at radius 3 is 2.52 bits per heavy atom. The van der Waals surface area contributed by atoms with E-state index in [2.05, 4.69) is 4.98 Å². The van der Waals surface area contributed by atoms with Gasteiger partial charge in [-0.05, 0) is 42.2 Å². The molecule has 4 rings (SSSR count). The van der Waals surface area contributed by atoms with Crippen molar-refractivity contribution in [3.63, 3.8) is 0 Å². The van der Waals surface area contributed by atoms with Gasteiger partial charge in [0, 0.05) is 40.2 Å². The molecule has 0 amide bonds. The number of nitrogens with one attached hydrogen (secondary N) is 1. The third-order valence-corrected chi connectivity index (χ3v) is 6.54. The van der Waals surface area contributed by atoms with Crippen LogP contribution >= 0.6 is 11.6 Å². The van der Waals surface area contributed by atoms with E-state index in [0.29, 0.717) is 11.4 Å². The fourth-order valence-electron chi connectivity index (χ4n) is 4.03. The lowest BCUT2D eigenvalue weighted by atomic mass is 9.85. The molecule has 3 aromatic rings. The highest BCUT2D eigenvalue weighted by atomic mass is 35.5. The van der Waals surface area contributed by atoms with Gasteiger partial charge < -0.3 is 4.98 Å². The van der Waals surface area contributed by atoms with Gasteiger partial charge in [-0.25, -0.2) is 12.8 Å². The van der Waals surface area contributed by atoms with Crippen LogP contribution in [0.25, 0.3) is 10.9 Å². The zero-order valence-electron chi connectivity index (χ0n) is 15.2. The number of fused-ring (bicyclic) bond motifs is 1. The van der Waals surface area contributed by atoms with E-state index in [-0.39, 0.29) is 17.6 Å². The molecule has 0 saturated heterocycles. The predicted molar refractivity (Wildman–Crippen MR) is 108 cm³/mol. The highest BCUT2D eigenvalue weighted by Crippen LogP contribution is 2.57. The summed E-state index contributed by atoms with van der Waals surface area (Å²) in [6.45, 7) is 1.64. The van der Waals surface area contributed by atoms with Crippen molar-refractivity contribution in [3.05, 3.63) is 70.4 Å². The molecule has 27 heavy (non-hydrogen) atoms.